The maximum atomic E-state index is 14.1. The van der Waals surface area contributed by atoms with Crippen LogP contribution in [0.5, 0.6) is 5.75 Å². The zero-order chi connectivity index (χ0) is 17.1. The lowest BCUT2D eigenvalue weighted by Crippen LogP contribution is -2.45. The Labute approximate surface area is 148 Å². The molecule has 1 saturated heterocycles. The Bertz CT molecular complexity index is 643. The molecule has 9 heteroatoms. The van der Waals surface area contributed by atoms with Crippen molar-refractivity contribution >= 4 is 22.4 Å². The minimum Gasteiger partial charge on any atom is -0.490 e. The van der Waals surface area contributed by atoms with Crippen molar-refractivity contribution in [3.05, 3.63) is 24.0 Å². The number of rotatable bonds is 7. The summed E-state index contributed by atoms with van der Waals surface area (Å²) in [5.74, 6) is -0.430. The van der Waals surface area contributed by atoms with Crippen LogP contribution in [-0.2, 0) is 14.8 Å². The summed E-state index contributed by atoms with van der Waals surface area (Å²) in [6, 6.07) is 3.59. The van der Waals surface area contributed by atoms with Crippen molar-refractivity contribution in [3.8, 4) is 5.75 Å². The van der Waals surface area contributed by atoms with Gasteiger partial charge in [0.1, 0.15) is 0 Å². The minimum absolute atomic E-state index is 0. The molecular formula is C15H24ClFN2O4S. The number of nitrogens with two attached hydrogens (primary N) is 1. The summed E-state index contributed by atoms with van der Waals surface area (Å²) < 4.78 is 51.3. The molecule has 0 aromatic heterocycles. The number of hydrogen-bond donors (Lipinski definition) is 2. The summed E-state index contributed by atoms with van der Waals surface area (Å²) in [5, 5.41) is 0. The predicted molar refractivity (Wildman–Crippen MR) is 91.5 cm³/mol. The van der Waals surface area contributed by atoms with Gasteiger partial charge in [0.25, 0.3) is 0 Å². The van der Waals surface area contributed by atoms with Crippen molar-refractivity contribution in [1.29, 1.82) is 0 Å². The van der Waals surface area contributed by atoms with Crippen molar-refractivity contribution in [2.75, 3.05) is 26.4 Å². The van der Waals surface area contributed by atoms with Crippen LogP contribution in [0.4, 0.5) is 4.39 Å². The van der Waals surface area contributed by atoms with E-state index in [1.54, 1.807) is 13.8 Å². The SMILES string of the molecule is CC(C)(N)CNS(=O)(=O)c1ccc(OCC2CCOC2)c(F)c1.Cl. The highest BCUT2D eigenvalue weighted by Gasteiger charge is 2.21. The quantitative estimate of drug-likeness (QED) is 0.748. The zero-order valence-corrected chi connectivity index (χ0v) is 15.4. The highest BCUT2D eigenvalue weighted by atomic mass is 35.5. The Hall–Kier alpha value is -0.930. The summed E-state index contributed by atoms with van der Waals surface area (Å²) >= 11 is 0. The molecule has 0 radical (unpaired) electrons. The van der Waals surface area contributed by atoms with E-state index < -0.39 is 21.4 Å². The molecule has 1 aromatic carbocycles. The number of nitrogens with one attached hydrogen (secondary N) is 1. The van der Waals surface area contributed by atoms with Crippen LogP contribution in [-0.4, -0.2) is 40.3 Å². The van der Waals surface area contributed by atoms with Gasteiger partial charge in [-0.05, 0) is 38.5 Å². The Morgan fingerprint density at radius 3 is 2.71 bits per heavy atom. The van der Waals surface area contributed by atoms with E-state index in [4.69, 9.17) is 15.2 Å². The molecule has 1 heterocycles. The van der Waals surface area contributed by atoms with E-state index in [2.05, 4.69) is 4.72 Å². The summed E-state index contributed by atoms with van der Waals surface area (Å²) in [4.78, 5) is -0.157. The van der Waals surface area contributed by atoms with Gasteiger partial charge in [-0.15, -0.1) is 12.4 Å². The average Bonchev–Trinajstić information content (AvgIpc) is 2.96. The van der Waals surface area contributed by atoms with Crippen LogP contribution in [0.15, 0.2) is 23.1 Å². The van der Waals surface area contributed by atoms with E-state index in [9.17, 15) is 12.8 Å². The third-order valence-electron chi connectivity index (χ3n) is 3.43. The molecule has 0 bridgehead atoms. The second-order valence-electron chi connectivity index (χ2n) is 6.45. The van der Waals surface area contributed by atoms with Crippen LogP contribution in [0.1, 0.15) is 20.3 Å². The topological polar surface area (TPSA) is 90.7 Å². The number of sulfonamides is 1. The molecule has 0 aliphatic carbocycles. The molecule has 0 saturated carbocycles. The van der Waals surface area contributed by atoms with Gasteiger partial charge >= 0.3 is 0 Å². The molecular weight excluding hydrogens is 359 g/mol. The van der Waals surface area contributed by atoms with Crippen molar-refractivity contribution in [2.24, 2.45) is 11.7 Å². The third-order valence-corrected chi connectivity index (χ3v) is 4.83. The van der Waals surface area contributed by atoms with Gasteiger partial charge in [0.2, 0.25) is 10.0 Å². The Kier molecular flexibility index (Phi) is 7.43. The first-order valence-corrected chi connectivity index (χ1v) is 8.94. The number of halogens is 2. The zero-order valence-electron chi connectivity index (χ0n) is 13.7. The fraction of sp³-hybridized carbons (Fsp3) is 0.600. The Morgan fingerprint density at radius 1 is 1.46 bits per heavy atom. The molecule has 1 aliphatic heterocycles. The molecule has 1 fully saturated rings. The van der Waals surface area contributed by atoms with Crippen LogP contribution >= 0.6 is 12.4 Å². The van der Waals surface area contributed by atoms with Gasteiger partial charge in [0.05, 0.1) is 18.1 Å². The summed E-state index contributed by atoms with van der Waals surface area (Å²) in [6.07, 6.45) is 0.882. The van der Waals surface area contributed by atoms with Gasteiger partial charge in [-0.2, -0.15) is 0 Å². The van der Waals surface area contributed by atoms with Crippen LogP contribution in [0, 0.1) is 11.7 Å². The van der Waals surface area contributed by atoms with Gasteiger partial charge in [-0.25, -0.2) is 17.5 Å². The molecule has 6 nitrogen and oxygen atoms in total. The van der Waals surface area contributed by atoms with Gasteiger partial charge in [-0.3, -0.25) is 0 Å². The first-order chi connectivity index (χ1) is 10.7. The second kappa shape index (κ2) is 8.44. The molecule has 1 aromatic rings. The highest BCUT2D eigenvalue weighted by molar-refractivity contribution is 7.89. The standard InChI is InChI=1S/C15H23FN2O4S.ClH/c1-15(2,17)10-18-23(19,20)12-3-4-14(13(16)7-12)22-9-11-5-6-21-8-11;/h3-4,7,11,18H,5-6,8-10,17H2,1-2H3;1H. The summed E-state index contributed by atoms with van der Waals surface area (Å²) in [7, 11) is -3.81. The van der Waals surface area contributed by atoms with E-state index in [0.717, 1.165) is 12.5 Å². The second-order valence-corrected chi connectivity index (χ2v) is 8.21. The first-order valence-electron chi connectivity index (χ1n) is 7.46. The lowest BCUT2D eigenvalue weighted by atomic mass is 10.1. The molecule has 2 rings (SSSR count). The molecule has 24 heavy (non-hydrogen) atoms. The number of hydrogen-bond acceptors (Lipinski definition) is 5. The van der Waals surface area contributed by atoms with Crippen LogP contribution < -0.4 is 15.2 Å². The fourth-order valence-electron chi connectivity index (χ4n) is 2.05. The number of benzene rings is 1. The molecule has 1 unspecified atom stereocenters. The third kappa shape index (κ3) is 6.18. The normalized spacial score (nSPS) is 18.2. The molecule has 0 amide bonds. The van der Waals surface area contributed by atoms with Gasteiger partial charge in [-0.1, -0.05) is 0 Å². The lowest BCUT2D eigenvalue weighted by Gasteiger charge is -2.19. The van der Waals surface area contributed by atoms with Crippen molar-refractivity contribution in [1.82, 2.24) is 4.72 Å². The summed E-state index contributed by atoms with van der Waals surface area (Å²) in [6.45, 7) is 5.09. The molecule has 3 N–H and O–H groups in total. The van der Waals surface area contributed by atoms with Gasteiger partial charge < -0.3 is 15.2 Å². The molecule has 1 aliphatic rings. The highest BCUT2D eigenvalue weighted by Crippen LogP contribution is 2.23. The smallest absolute Gasteiger partial charge is 0.240 e. The fourth-order valence-corrected chi connectivity index (χ4v) is 3.29. The van der Waals surface area contributed by atoms with Crippen molar-refractivity contribution in [2.45, 2.75) is 30.7 Å². The maximum absolute atomic E-state index is 14.1. The van der Waals surface area contributed by atoms with Gasteiger partial charge in [0.15, 0.2) is 11.6 Å². The maximum Gasteiger partial charge on any atom is 0.240 e. The largest absolute Gasteiger partial charge is 0.490 e. The van der Waals surface area contributed by atoms with Gasteiger partial charge in [0, 0.05) is 24.6 Å². The monoisotopic (exact) mass is 382 g/mol. The van der Waals surface area contributed by atoms with E-state index in [0.29, 0.717) is 19.8 Å². The Morgan fingerprint density at radius 2 is 2.17 bits per heavy atom. The van der Waals surface area contributed by atoms with Crippen LogP contribution in [0.2, 0.25) is 0 Å². The van der Waals surface area contributed by atoms with Crippen molar-refractivity contribution < 1.29 is 22.3 Å². The lowest BCUT2D eigenvalue weighted by molar-refractivity contribution is 0.165. The van der Waals surface area contributed by atoms with E-state index in [-0.39, 0.29) is 35.5 Å². The molecule has 0 spiro atoms. The van der Waals surface area contributed by atoms with Crippen LogP contribution in [0.3, 0.4) is 0 Å². The Balaban J connectivity index is 0.00000288. The van der Waals surface area contributed by atoms with Crippen molar-refractivity contribution in [3.63, 3.8) is 0 Å². The van der Waals surface area contributed by atoms with E-state index in [1.165, 1.54) is 12.1 Å². The first kappa shape index (κ1) is 21.1. The average molecular weight is 383 g/mol. The predicted octanol–water partition coefficient (Wildman–Crippen LogP) is 1.68. The van der Waals surface area contributed by atoms with Crippen LogP contribution in [0.25, 0.3) is 0 Å². The minimum atomic E-state index is -3.81. The van der Waals surface area contributed by atoms with E-state index in [1.807, 2.05) is 0 Å². The van der Waals surface area contributed by atoms with E-state index >= 15 is 0 Å². The molecule has 1 atom stereocenters. The summed E-state index contributed by atoms with van der Waals surface area (Å²) in [5.41, 5.74) is 5.05. The number of ether oxygens (including phenoxy) is 2. The molecule has 138 valence electrons.